The van der Waals surface area contributed by atoms with Crippen LogP contribution in [0.2, 0.25) is 0 Å². The normalized spacial score (nSPS) is 11.6. The minimum Gasteiger partial charge on any atom is -0.493 e. The van der Waals surface area contributed by atoms with Crippen molar-refractivity contribution in [2.45, 2.75) is 20.3 Å². The number of rotatable bonds is 5. The fraction of sp³-hybridized carbons (Fsp3) is 0.500. The summed E-state index contributed by atoms with van der Waals surface area (Å²) in [7, 11) is 0. The minimum absolute atomic E-state index is 0.00141. The summed E-state index contributed by atoms with van der Waals surface area (Å²) >= 11 is 0. The molecule has 0 heterocycles. The third kappa shape index (κ3) is 3.77. The van der Waals surface area contributed by atoms with Crippen molar-refractivity contribution in [3.63, 3.8) is 0 Å². The molecule has 4 heteroatoms. The van der Waals surface area contributed by atoms with Crippen LogP contribution in [0.4, 0.5) is 8.78 Å². The fourth-order valence-electron chi connectivity index (χ4n) is 1.11. The van der Waals surface area contributed by atoms with E-state index in [2.05, 4.69) is 0 Å². The molecule has 16 heavy (non-hydrogen) atoms. The molecule has 0 radical (unpaired) electrons. The van der Waals surface area contributed by atoms with E-state index in [-0.39, 0.29) is 5.41 Å². The van der Waals surface area contributed by atoms with Gasteiger partial charge in [0.15, 0.2) is 11.6 Å². The second-order valence-electron chi connectivity index (χ2n) is 4.54. The van der Waals surface area contributed by atoms with Gasteiger partial charge in [-0.3, -0.25) is 0 Å². The van der Waals surface area contributed by atoms with E-state index >= 15 is 0 Å². The molecule has 1 rings (SSSR count). The van der Waals surface area contributed by atoms with Crippen molar-refractivity contribution in [1.29, 1.82) is 0 Å². The Morgan fingerprint density at radius 3 is 2.50 bits per heavy atom. The van der Waals surface area contributed by atoms with Crippen molar-refractivity contribution < 1.29 is 13.5 Å². The minimum atomic E-state index is -0.893. The smallest absolute Gasteiger partial charge is 0.162 e. The van der Waals surface area contributed by atoms with Gasteiger partial charge in [0.2, 0.25) is 0 Å². The van der Waals surface area contributed by atoms with E-state index in [0.717, 1.165) is 18.6 Å². The predicted octanol–water partition coefficient (Wildman–Crippen LogP) is 2.72. The Bertz CT molecular complexity index is 353. The first kappa shape index (κ1) is 12.9. The summed E-state index contributed by atoms with van der Waals surface area (Å²) < 4.78 is 30.8. The van der Waals surface area contributed by atoms with Gasteiger partial charge in [0.1, 0.15) is 5.75 Å². The number of ether oxygens (including phenoxy) is 1. The highest BCUT2D eigenvalue weighted by Gasteiger charge is 2.15. The molecular weight excluding hydrogens is 212 g/mol. The van der Waals surface area contributed by atoms with Crippen LogP contribution in [0.1, 0.15) is 20.3 Å². The van der Waals surface area contributed by atoms with Gasteiger partial charge in [-0.05, 0) is 30.5 Å². The summed E-state index contributed by atoms with van der Waals surface area (Å²) in [6, 6.07) is 3.51. The topological polar surface area (TPSA) is 35.2 Å². The van der Waals surface area contributed by atoms with Gasteiger partial charge in [0.25, 0.3) is 0 Å². The van der Waals surface area contributed by atoms with Crippen molar-refractivity contribution in [1.82, 2.24) is 0 Å². The van der Waals surface area contributed by atoms with Crippen LogP contribution in [-0.4, -0.2) is 13.2 Å². The van der Waals surface area contributed by atoms with E-state index in [1.165, 1.54) is 6.07 Å². The van der Waals surface area contributed by atoms with E-state index in [9.17, 15) is 8.78 Å². The molecule has 1 aromatic carbocycles. The maximum Gasteiger partial charge on any atom is 0.162 e. The van der Waals surface area contributed by atoms with Crippen LogP contribution in [-0.2, 0) is 0 Å². The second kappa shape index (κ2) is 5.25. The van der Waals surface area contributed by atoms with Gasteiger partial charge < -0.3 is 10.5 Å². The van der Waals surface area contributed by atoms with Gasteiger partial charge in [0, 0.05) is 6.07 Å². The average molecular weight is 229 g/mol. The van der Waals surface area contributed by atoms with Gasteiger partial charge in [0.05, 0.1) is 6.61 Å². The quantitative estimate of drug-likeness (QED) is 0.842. The summed E-state index contributed by atoms with van der Waals surface area (Å²) in [5.74, 6) is -1.42. The summed E-state index contributed by atoms with van der Waals surface area (Å²) in [6.45, 7) is 5.06. The molecule has 0 fully saturated rings. The van der Waals surface area contributed by atoms with E-state index < -0.39 is 11.6 Å². The molecule has 0 bridgehead atoms. The van der Waals surface area contributed by atoms with Crippen LogP contribution in [0.5, 0.6) is 5.75 Å². The first-order valence-electron chi connectivity index (χ1n) is 5.22. The molecular formula is C12H17F2NO. The predicted molar refractivity (Wildman–Crippen MR) is 59.3 cm³/mol. The van der Waals surface area contributed by atoms with E-state index in [1.807, 2.05) is 13.8 Å². The molecule has 1 aromatic rings. The van der Waals surface area contributed by atoms with Crippen LogP contribution >= 0.6 is 0 Å². The van der Waals surface area contributed by atoms with Crippen LogP contribution in [0.15, 0.2) is 18.2 Å². The Labute approximate surface area is 94.4 Å². The highest BCUT2D eigenvalue weighted by atomic mass is 19.2. The molecule has 0 aliphatic rings. The first-order valence-corrected chi connectivity index (χ1v) is 5.22. The van der Waals surface area contributed by atoms with Gasteiger partial charge >= 0.3 is 0 Å². The SMILES string of the molecule is CC(C)(CN)CCOc1ccc(F)c(F)c1. The Kier molecular flexibility index (Phi) is 4.24. The first-order chi connectivity index (χ1) is 7.44. The summed E-state index contributed by atoms with van der Waals surface area (Å²) in [4.78, 5) is 0. The third-order valence-electron chi connectivity index (χ3n) is 2.49. The van der Waals surface area contributed by atoms with Crippen molar-refractivity contribution in [2.24, 2.45) is 11.1 Å². The molecule has 0 spiro atoms. The lowest BCUT2D eigenvalue weighted by molar-refractivity contribution is 0.232. The van der Waals surface area contributed by atoms with Crippen molar-refractivity contribution in [2.75, 3.05) is 13.2 Å². The summed E-state index contributed by atoms with van der Waals surface area (Å²) in [6.07, 6.45) is 0.766. The van der Waals surface area contributed by atoms with Crippen LogP contribution in [0.3, 0.4) is 0 Å². The highest BCUT2D eigenvalue weighted by molar-refractivity contribution is 5.23. The number of hydrogen-bond acceptors (Lipinski definition) is 2. The fourth-order valence-corrected chi connectivity index (χ4v) is 1.11. The lowest BCUT2D eigenvalue weighted by Crippen LogP contribution is -2.25. The van der Waals surface area contributed by atoms with E-state index in [0.29, 0.717) is 18.9 Å². The molecule has 0 aliphatic carbocycles. The lowest BCUT2D eigenvalue weighted by Gasteiger charge is -2.22. The molecule has 2 N–H and O–H groups in total. The van der Waals surface area contributed by atoms with Crippen LogP contribution < -0.4 is 10.5 Å². The van der Waals surface area contributed by atoms with Crippen molar-refractivity contribution in [3.05, 3.63) is 29.8 Å². The van der Waals surface area contributed by atoms with Crippen LogP contribution in [0, 0.1) is 17.0 Å². The van der Waals surface area contributed by atoms with Gasteiger partial charge in [-0.1, -0.05) is 13.8 Å². The molecule has 2 nitrogen and oxygen atoms in total. The second-order valence-corrected chi connectivity index (χ2v) is 4.54. The maximum atomic E-state index is 12.8. The molecule has 0 aliphatic heterocycles. The molecule has 0 atom stereocenters. The average Bonchev–Trinajstić information content (AvgIpc) is 2.23. The van der Waals surface area contributed by atoms with E-state index in [4.69, 9.17) is 10.5 Å². The molecule has 0 saturated carbocycles. The van der Waals surface area contributed by atoms with Gasteiger partial charge in [-0.15, -0.1) is 0 Å². The zero-order valence-electron chi connectivity index (χ0n) is 9.59. The Morgan fingerprint density at radius 1 is 1.25 bits per heavy atom. The number of nitrogens with two attached hydrogens (primary N) is 1. The van der Waals surface area contributed by atoms with Gasteiger partial charge in [-0.25, -0.2) is 8.78 Å². The summed E-state index contributed by atoms with van der Waals surface area (Å²) in [5.41, 5.74) is 5.56. The zero-order chi connectivity index (χ0) is 12.2. The highest BCUT2D eigenvalue weighted by Crippen LogP contribution is 2.20. The molecule has 0 saturated heterocycles. The Morgan fingerprint density at radius 2 is 1.94 bits per heavy atom. The number of benzene rings is 1. The monoisotopic (exact) mass is 229 g/mol. The molecule has 0 unspecified atom stereocenters. The number of hydrogen-bond donors (Lipinski definition) is 1. The van der Waals surface area contributed by atoms with E-state index in [1.54, 1.807) is 0 Å². The molecule has 0 amide bonds. The maximum absolute atomic E-state index is 12.8. The summed E-state index contributed by atoms with van der Waals surface area (Å²) in [5, 5.41) is 0. The van der Waals surface area contributed by atoms with Crippen molar-refractivity contribution >= 4 is 0 Å². The third-order valence-corrected chi connectivity index (χ3v) is 2.49. The standard InChI is InChI=1S/C12H17F2NO/c1-12(2,8-15)5-6-16-9-3-4-10(13)11(14)7-9/h3-4,7H,5-6,8,15H2,1-2H3. The molecule has 0 aromatic heterocycles. The largest absolute Gasteiger partial charge is 0.493 e. The Hall–Kier alpha value is -1.16. The van der Waals surface area contributed by atoms with Crippen molar-refractivity contribution in [3.8, 4) is 5.75 Å². The Balaban J connectivity index is 2.46. The lowest BCUT2D eigenvalue weighted by atomic mass is 9.90. The molecule has 90 valence electrons. The van der Waals surface area contributed by atoms with Crippen LogP contribution in [0.25, 0.3) is 0 Å². The number of halogens is 2. The zero-order valence-corrected chi connectivity index (χ0v) is 9.59. The van der Waals surface area contributed by atoms with Gasteiger partial charge in [-0.2, -0.15) is 0 Å².